The molecule has 0 radical (unpaired) electrons. The zero-order chi connectivity index (χ0) is 20.4. The third-order valence-electron chi connectivity index (χ3n) is 4.86. The third kappa shape index (κ3) is 3.72. The Balaban J connectivity index is 1.84. The molecule has 144 valence electrons. The Kier molecular flexibility index (Phi) is 5.05. The number of anilines is 1. The van der Waals surface area contributed by atoms with Gasteiger partial charge in [-0.3, -0.25) is 10.1 Å². The number of nitrogens with zero attached hydrogens (tertiary/aromatic N) is 3. The maximum atomic E-state index is 11.6. The molecule has 1 atom stereocenters. The van der Waals surface area contributed by atoms with Gasteiger partial charge in [-0.25, -0.2) is 4.99 Å². The van der Waals surface area contributed by atoms with Crippen molar-refractivity contribution in [3.8, 4) is 5.75 Å². The second-order valence-corrected chi connectivity index (χ2v) is 7.00. The Morgan fingerprint density at radius 2 is 1.66 bits per heavy atom. The molecule has 7 heteroatoms. The fourth-order valence-electron chi connectivity index (χ4n) is 3.49. The van der Waals surface area contributed by atoms with Gasteiger partial charge in [-0.05, 0) is 53.7 Å². The van der Waals surface area contributed by atoms with E-state index in [4.69, 9.17) is 12.2 Å². The van der Waals surface area contributed by atoms with Crippen molar-refractivity contribution in [1.82, 2.24) is 0 Å². The molecular weight excluding hydrogens is 386 g/mol. The molecule has 6 nitrogen and oxygen atoms in total. The van der Waals surface area contributed by atoms with Gasteiger partial charge < -0.3 is 10.0 Å². The van der Waals surface area contributed by atoms with Gasteiger partial charge in [-0.2, -0.15) is 0 Å². The molecule has 3 aromatic rings. The van der Waals surface area contributed by atoms with Gasteiger partial charge in [0.05, 0.1) is 16.7 Å². The zero-order valence-electron chi connectivity index (χ0n) is 15.3. The number of aliphatic imine (C=N–C) groups is 1. The molecule has 0 bridgehead atoms. The van der Waals surface area contributed by atoms with Gasteiger partial charge in [0.2, 0.25) is 5.11 Å². The van der Waals surface area contributed by atoms with Gasteiger partial charge >= 0.3 is 0 Å². The number of nitro groups is 1. The molecule has 1 aliphatic heterocycles. The minimum Gasteiger partial charge on any atom is -0.508 e. The second-order valence-electron chi connectivity index (χ2n) is 6.63. The summed E-state index contributed by atoms with van der Waals surface area (Å²) in [4.78, 5) is 17.5. The van der Waals surface area contributed by atoms with Crippen LogP contribution < -0.4 is 4.90 Å². The van der Waals surface area contributed by atoms with E-state index in [1.807, 2.05) is 30.3 Å². The van der Waals surface area contributed by atoms with Crippen molar-refractivity contribution in [2.45, 2.75) is 12.5 Å². The summed E-state index contributed by atoms with van der Waals surface area (Å²) in [5.41, 5.74) is 3.02. The molecule has 3 aromatic carbocycles. The summed E-state index contributed by atoms with van der Waals surface area (Å²) in [6.45, 7) is 0. The van der Waals surface area contributed by atoms with E-state index in [0.717, 1.165) is 16.8 Å². The smallest absolute Gasteiger partial charge is 0.292 e. The Labute approximate surface area is 172 Å². The highest BCUT2D eigenvalue weighted by molar-refractivity contribution is 7.80. The first-order valence-electron chi connectivity index (χ1n) is 9.03. The standard InChI is InChI=1S/C22H17N3O3S/c26-17-12-10-15(11-13-17)18-14-21(16-6-2-1-3-7-16)24(22(29)23-18)19-8-4-5-9-20(19)25(27)28/h1-13,21,26H,14H2. The normalized spacial score (nSPS) is 16.4. The van der Waals surface area contributed by atoms with E-state index in [-0.39, 0.29) is 22.6 Å². The Hall–Kier alpha value is -3.58. The second kappa shape index (κ2) is 7.81. The van der Waals surface area contributed by atoms with Gasteiger partial charge in [-0.1, -0.05) is 42.5 Å². The molecule has 0 saturated heterocycles. The van der Waals surface area contributed by atoms with E-state index in [9.17, 15) is 15.2 Å². The fraction of sp³-hybridized carbons (Fsp3) is 0.0909. The molecule has 1 aliphatic rings. The van der Waals surface area contributed by atoms with Gasteiger partial charge in [0.15, 0.2) is 0 Å². The van der Waals surface area contributed by atoms with Crippen LogP contribution in [0.1, 0.15) is 23.6 Å². The Morgan fingerprint density at radius 1 is 1.00 bits per heavy atom. The average molecular weight is 403 g/mol. The van der Waals surface area contributed by atoms with E-state index < -0.39 is 4.92 Å². The first-order chi connectivity index (χ1) is 14.0. The number of para-hydroxylation sites is 2. The van der Waals surface area contributed by atoms with Crippen LogP contribution in [0.4, 0.5) is 11.4 Å². The summed E-state index contributed by atoms with van der Waals surface area (Å²) < 4.78 is 0. The first-order valence-corrected chi connectivity index (χ1v) is 9.44. The average Bonchev–Trinajstić information content (AvgIpc) is 2.74. The summed E-state index contributed by atoms with van der Waals surface area (Å²) in [5, 5.41) is 21.4. The Bertz CT molecular complexity index is 1100. The van der Waals surface area contributed by atoms with Crippen molar-refractivity contribution >= 4 is 34.4 Å². The van der Waals surface area contributed by atoms with Gasteiger partial charge in [0.1, 0.15) is 11.4 Å². The van der Waals surface area contributed by atoms with Crippen molar-refractivity contribution in [2.24, 2.45) is 4.99 Å². The number of nitro benzene ring substituents is 1. The molecule has 1 unspecified atom stereocenters. The molecule has 29 heavy (non-hydrogen) atoms. The molecule has 4 rings (SSSR count). The van der Waals surface area contributed by atoms with E-state index in [1.165, 1.54) is 6.07 Å². The predicted octanol–water partition coefficient (Wildman–Crippen LogP) is 5.03. The van der Waals surface area contributed by atoms with Crippen molar-refractivity contribution < 1.29 is 10.0 Å². The van der Waals surface area contributed by atoms with Crippen LogP contribution in [0.5, 0.6) is 5.75 Å². The number of hydrogen-bond donors (Lipinski definition) is 1. The molecule has 1 heterocycles. The van der Waals surface area contributed by atoms with Crippen LogP contribution in [0, 0.1) is 10.1 Å². The van der Waals surface area contributed by atoms with Gasteiger partial charge in [0.25, 0.3) is 5.69 Å². The number of benzene rings is 3. The van der Waals surface area contributed by atoms with Crippen LogP contribution in [0.3, 0.4) is 0 Å². The number of thiocarbonyl (C=S) groups is 1. The molecule has 0 fully saturated rings. The monoisotopic (exact) mass is 403 g/mol. The molecular formula is C22H17N3O3S. The zero-order valence-corrected chi connectivity index (χ0v) is 16.1. The number of phenolic OH excluding ortho intramolecular Hbond substituents is 1. The van der Waals surface area contributed by atoms with Crippen LogP contribution in [0.2, 0.25) is 0 Å². The highest BCUT2D eigenvalue weighted by Gasteiger charge is 2.34. The summed E-state index contributed by atoms with van der Waals surface area (Å²) in [6, 6.07) is 22.9. The third-order valence-corrected chi connectivity index (χ3v) is 5.15. The van der Waals surface area contributed by atoms with Crippen LogP contribution >= 0.6 is 12.2 Å². The molecule has 1 N–H and O–H groups in total. The minimum absolute atomic E-state index is 0.0148. The lowest BCUT2D eigenvalue weighted by atomic mass is 9.94. The predicted molar refractivity (Wildman–Crippen MR) is 117 cm³/mol. The lowest BCUT2D eigenvalue weighted by molar-refractivity contribution is -0.384. The Morgan fingerprint density at radius 3 is 2.34 bits per heavy atom. The maximum Gasteiger partial charge on any atom is 0.292 e. The summed E-state index contributed by atoms with van der Waals surface area (Å²) in [7, 11) is 0. The number of rotatable bonds is 4. The lowest BCUT2D eigenvalue weighted by Gasteiger charge is -2.36. The largest absolute Gasteiger partial charge is 0.508 e. The van der Waals surface area contributed by atoms with E-state index in [2.05, 4.69) is 4.99 Å². The topological polar surface area (TPSA) is 79.0 Å². The lowest BCUT2D eigenvalue weighted by Crippen LogP contribution is -2.39. The van der Waals surface area contributed by atoms with Crippen molar-refractivity contribution in [3.63, 3.8) is 0 Å². The van der Waals surface area contributed by atoms with Crippen molar-refractivity contribution in [1.29, 1.82) is 0 Å². The first kappa shape index (κ1) is 18.8. The number of aromatic hydroxyl groups is 1. The SMILES string of the molecule is O=[N+]([O-])c1ccccc1N1C(=S)N=C(c2ccc(O)cc2)CC1c1ccccc1. The van der Waals surface area contributed by atoms with Gasteiger partial charge in [0, 0.05) is 12.5 Å². The molecule has 0 spiro atoms. The maximum absolute atomic E-state index is 11.6. The molecule has 0 saturated carbocycles. The van der Waals surface area contributed by atoms with E-state index in [0.29, 0.717) is 12.1 Å². The quantitative estimate of drug-likeness (QED) is 0.376. The van der Waals surface area contributed by atoms with Crippen molar-refractivity contribution in [3.05, 3.63) is 100 Å². The van der Waals surface area contributed by atoms with E-state index >= 15 is 0 Å². The van der Waals surface area contributed by atoms with Crippen LogP contribution in [0.15, 0.2) is 83.9 Å². The number of phenols is 1. The highest BCUT2D eigenvalue weighted by Crippen LogP contribution is 2.39. The van der Waals surface area contributed by atoms with E-state index in [1.54, 1.807) is 47.4 Å². The fourth-order valence-corrected chi connectivity index (χ4v) is 3.83. The van der Waals surface area contributed by atoms with Gasteiger partial charge in [-0.15, -0.1) is 0 Å². The van der Waals surface area contributed by atoms with Crippen molar-refractivity contribution in [2.75, 3.05) is 4.90 Å². The van der Waals surface area contributed by atoms with Crippen LogP contribution in [0.25, 0.3) is 0 Å². The molecule has 0 aromatic heterocycles. The summed E-state index contributed by atoms with van der Waals surface area (Å²) in [5.74, 6) is 0.175. The molecule has 0 amide bonds. The summed E-state index contributed by atoms with van der Waals surface area (Å²) >= 11 is 5.60. The summed E-state index contributed by atoms with van der Waals surface area (Å²) in [6.07, 6.45) is 0.515. The van der Waals surface area contributed by atoms with Crippen LogP contribution in [-0.4, -0.2) is 20.9 Å². The minimum atomic E-state index is -0.404. The molecule has 0 aliphatic carbocycles. The highest BCUT2D eigenvalue weighted by atomic mass is 32.1. The number of hydrogen-bond acceptors (Lipinski definition) is 4. The van der Waals surface area contributed by atoms with Crippen LogP contribution in [-0.2, 0) is 0 Å².